The molecule has 4 nitrogen and oxygen atoms in total. The van der Waals surface area contributed by atoms with Crippen molar-refractivity contribution < 1.29 is 9.90 Å². The standard InChI is InChI=1S/C12H22N2O2/c1-10(8-12(15)16)9-14-6-4-11(5-7-14)13(2)3/h8,11H,4-7,9H2,1-3H3,(H,15,16). The molecule has 0 bridgehead atoms. The summed E-state index contributed by atoms with van der Waals surface area (Å²) >= 11 is 0. The van der Waals surface area contributed by atoms with Gasteiger partial charge in [-0.15, -0.1) is 0 Å². The summed E-state index contributed by atoms with van der Waals surface area (Å²) in [5.74, 6) is -0.847. The molecule has 0 aromatic rings. The molecule has 0 atom stereocenters. The van der Waals surface area contributed by atoms with Crippen molar-refractivity contribution in [1.29, 1.82) is 0 Å². The third-order valence-corrected chi connectivity index (χ3v) is 3.13. The maximum atomic E-state index is 10.5. The Hall–Kier alpha value is -0.870. The van der Waals surface area contributed by atoms with Gasteiger partial charge in [-0.25, -0.2) is 4.79 Å². The number of hydrogen-bond donors (Lipinski definition) is 1. The van der Waals surface area contributed by atoms with Gasteiger partial charge in [0.2, 0.25) is 0 Å². The number of carboxylic acid groups (broad SMARTS) is 1. The van der Waals surface area contributed by atoms with Crippen LogP contribution >= 0.6 is 0 Å². The van der Waals surface area contributed by atoms with Crippen molar-refractivity contribution in [3.63, 3.8) is 0 Å². The van der Waals surface area contributed by atoms with Crippen LogP contribution in [0.3, 0.4) is 0 Å². The summed E-state index contributed by atoms with van der Waals surface area (Å²) in [5, 5.41) is 8.63. The normalized spacial score (nSPS) is 20.4. The summed E-state index contributed by atoms with van der Waals surface area (Å²) in [6.45, 7) is 4.79. The molecule has 1 aliphatic rings. The molecular formula is C12H22N2O2. The lowest BCUT2D eigenvalue weighted by molar-refractivity contribution is -0.131. The van der Waals surface area contributed by atoms with E-state index in [9.17, 15) is 4.79 Å². The lowest BCUT2D eigenvalue weighted by Crippen LogP contribution is -2.42. The second-order valence-corrected chi connectivity index (χ2v) is 4.80. The van der Waals surface area contributed by atoms with E-state index in [0.29, 0.717) is 6.04 Å². The number of carboxylic acids is 1. The van der Waals surface area contributed by atoms with Gasteiger partial charge in [0, 0.05) is 18.7 Å². The highest BCUT2D eigenvalue weighted by molar-refractivity contribution is 5.80. The number of nitrogens with zero attached hydrogens (tertiary/aromatic N) is 2. The Labute approximate surface area is 97.5 Å². The van der Waals surface area contributed by atoms with Crippen LogP contribution in [0.15, 0.2) is 11.6 Å². The lowest BCUT2D eigenvalue weighted by atomic mass is 10.0. The zero-order valence-electron chi connectivity index (χ0n) is 10.4. The molecule has 16 heavy (non-hydrogen) atoms. The summed E-state index contributed by atoms with van der Waals surface area (Å²) in [4.78, 5) is 15.1. The third-order valence-electron chi connectivity index (χ3n) is 3.13. The predicted octanol–water partition coefficient (Wildman–Crippen LogP) is 1.04. The summed E-state index contributed by atoms with van der Waals surface area (Å²) in [6, 6.07) is 0.681. The van der Waals surface area contributed by atoms with Gasteiger partial charge in [0.05, 0.1) is 0 Å². The van der Waals surface area contributed by atoms with Gasteiger partial charge < -0.3 is 10.0 Å². The topological polar surface area (TPSA) is 43.8 Å². The number of piperidine rings is 1. The van der Waals surface area contributed by atoms with Crippen molar-refractivity contribution >= 4 is 5.97 Å². The maximum Gasteiger partial charge on any atom is 0.328 e. The molecule has 0 aromatic carbocycles. The van der Waals surface area contributed by atoms with E-state index in [2.05, 4.69) is 23.9 Å². The molecule has 4 heteroatoms. The van der Waals surface area contributed by atoms with E-state index in [1.165, 1.54) is 18.9 Å². The van der Waals surface area contributed by atoms with Crippen LogP contribution < -0.4 is 0 Å². The van der Waals surface area contributed by atoms with E-state index in [4.69, 9.17) is 5.11 Å². The Bertz CT molecular complexity index is 266. The van der Waals surface area contributed by atoms with Crippen molar-refractivity contribution in [3.05, 3.63) is 11.6 Å². The highest BCUT2D eigenvalue weighted by Gasteiger charge is 2.20. The molecule has 0 unspecified atom stereocenters. The van der Waals surface area contributed by atoms with E-state index in [-0.39, 0.29) is 0 Å². The van der Waals surface area contributed by atoms with E-state index >= 15 is 0 Å². The van der Waals surface area contributed by atoms with Crippen LogP contribution in [0.25, 0.3) is 0 Å². The lowest BCUT2D eigenvalue weighted by Gasteiger charge is -2.35. The van der Waals surface area contributed by atoms with Crippen molar-refractivity contribution in [2.45, 2.75) is 25.8 Å². The van der Waals surface area contributed by atoms with Gasteiger partial charge >= 0.3 is 5.97 Å². The minimum Gasteiger partial charge on any atom is -0.478 e. The first kappa shape index (κ1) is 13.2. The molecular weight excluding hydrogens is 204 g/mol. The molecule has 1 fully saturated rings. The summed E-state index contributed by atoms with van der Waals surface area (Å²) in [6.07, 6.45) is 3.65. The molecule has 0 amide bonds. The van der Waals surface area contributed by atoms with E-state index in [0.717, 1.165) is 25.2 Å². The van der Waals surface area contributed by atoms with E-state index < -0.39 is 5.97 Å². The predicted molar refractivity (Wildman–Crippen MR) is 64.5 cm³/mol. The van der Waals surface area contributed by atoms with Gasteiger partial charge in [-0.3, -0.25) is 4.90 Å². The quantitative estimate of drug-likeness (QED) is 0.728. The molecule has 1 saturated heterocycles. The highest BCUT2D eigenvalue weighted by Crippen LogP contribution is 2.14. The van der Waals surface area contributed by atoms with Gasteiger partial charge in [0.25, 0.3) is 0 Å². The number of hydrogen-bond acceptors (Lipinski definition) is 3. The maximum absolute atomic E-state index is 10.5. The summed E-state index contributed by atoms with van der Waals surface area (Å²) < 4.78 is 0. The first-order chi connectivity index (χ1) is 7.49. The van der Waals surface area contributed by atoms with Crippen molar-refractivity contribution in [2.75, 3.05) is 33.7 Å². The Morgan fingerprint density at radius 2 is 2.00 bits per heavy atom. The Kier molecular flexibility index (Phi) is 4.96. The second-order valence-electron chi connectivity index (χ2n) is 4.80. The molecule has 1 rings (SSSR count). The number of aliphatic carboxylic acids is 1. The van der Waals surface area contributed by atoms with Crippen LogP contribution in [0.5, 0.6) is 0 Å². The first-order valence-electron chi connectivity index (χ1n) is 5.78. The Morgan fingerprint density at radius 3 is 2.44 bits per heavy atom. The van der Waals surface area contributed by atoms with Gasteiger partial charge in [0.15, 0.2) is 0 Å². The van der Waals surface area contributed by atoms with Crippen LogP contribution in [0.2, 0.25) is 0 Å². The largest absolute Gasteiger partial charge is 0.478 e. The fourth-order valence-electron chi connectivity index (χ4n) is 2.20. The number of rotatable bonds is 4. The molecule has 0 aliphatic carbocycles. The second kappa shape index (κ2) is 6.01. The SMILES string of the molecule is CC(=CC(=O)O)CN1CCC(N(C)C)CC1. The average Bonchev–Trinajstić information content (AvgIpc) is 2.16. The number of carbonyl (C=O) groups is 1. The average molecular weight is 226 g/mol. The number of likely N-dealkylation sites (tertiary alicyclic amines) is 1. The minimum absolute atomic E-state index is 0.681. The summed E-state index contributed by atoms with van der Waals surface area (Å²) in [7, 11) is 4.24. The molecule has 0 spiro atoms. The van der Waals surface area contributed by atoms with E-state index in [1.54, 1.807) is 0 Å². The molecule has 1 N–H and O–H groups in total. The molecule has 0 aromatic heterocycles. The van der Waals surface area contributed by atoms with Crippen LogP contribution in [0.1, 0.15) is 19.8 Å². The molecule has 1 heterocycles. The van der Waals surface area contributed by atoms with Gasteiger partial charge in [-0.1, -0.05) is 5.57 Å². The summed E-state index contributed by atoms with van der Waals surface area (Å²) in [5.41, 5.74) is 0.927. The van der Waals surface area contributed by atoms with E-state index in [1.807, 2.05) is 6.92 Å². The smallest absolute Gasteiger partial charge is 0.328 e. The van der Waals surface area contributed by atoms with Crippen LogP contribution in [0, 0.1) is 0 Å². The fraction of sp³-hybridized carbons (Fsp3) is 0.750. The monoisotopic (exact) mass is 226 g/mol. The van der Waals surface area contributed by atoms with Crippen LogP contribution in [0.4, 0.5) is 0 Å². The third kappa shape index (κ3) is 4.33. The van der Waals surface area contributed by atoms with Gasteiger partial charge in [-0.2, -0.15) is 0 Å². The zero-order chi connectivity index (χ0) is 12.1. The molecule has 92 valence electrons. The first-order valence-corrected chi connectivity index (χ1v) is 5.78. The van der Waals surface area contributed by atoms with Crippen molar-refractivity contribution in [2.24, 2.45) is 0 Å². The van der Waals surface area contributed by atoms with Crippen molar-refractivity contribution in [3.8, 4) is 0 Å². The molecule has 1 aliphatic heterocycles. The Balaban J connectivity index is 2.35. The molecule has 0 radical (unpaired) electrons. The van der Waals surface area contributed by atoms with Gasteiger partial charge in [0.1, 0.15) is 0 Å². The Morgan fingerprint density at radius 1 is 1.44 bits per heavy atom. The zero-order valence-corrected chi connectivity index (χ0v) is 10.4. The fourth-order valence-corrected chi connectivity index (χ4v) is 2.20. The highest BCUT2D eigenvalue weighted by atomic mass is 16.4. The van der Waals surface area contributed by atoms with Crippen molar-refractivity contribution in [1.82, 2.24) is 9.80 Å². The van der Waals surface area contributed by atoms with Gasteiger partial charge in [-0.05, 0) is 47.0 Å². The molecule has 0 saturated carbocycles. The minimum atomic E-state index is -0.847. The van der Waals surface area contributed by atoms with Crippen LogP contribution in [-0.2, 0) is 4.79 Å². The van der Waals surface area contributed by atoms with Crippen LogP contribution in [-0.4, -0.2) is 60.6 Å².